The van der Waals surface area contributed by atoms with Crippen LogP contribution in [0.5, 0.6) is 5.75 Å². The smallest absolute Gasteiger partial charge is 0.223 e. The van der Waals surface area contributed by atoms with Crippen molar-refractivity contribution in [3.05, 3.63) is 29.6 Å². The molecule has 0 aliphatic rings. The number of carbonyl (C=O) groups excluding carboxylic acids is 1. The summed E-state index contributed by atoms with van der Waals surface area (Å²) >= 11 is 0. The first kappa shape index (κ1) is 15.4. The highest BCUT2D eigenvalue weighted by Crippen LogP contribution is 2.18. The van der Waals surface area contributed by atoms with Crippen molar-refractivity contribution in [1.82, 2.24) is 10.2 Å². The number of halogens is 1. The van der Waals surface area contributed by atoms with Crippen LogP contribution >= 0.6 is 0 Å². The van der Waals surface area contributed by atoms with Gasteiger partial charge in [0.25, 0.3) is 0 Å². The summed E-state index contributed by atoms with van der Waals surface area (Å²) in [6.07, 6.45) is 0.447. The van der Waals surface area contributed by atoms with Gasteiger partial charge in [0.05, 0.1) is 7.11 Å². The lowest BCUT2D eigenvalue weighted by Gasteiger charge is -2.17. The molecule has 0 radical (unpaired) electrons. The van der Waals surface area contributed by atoms with Crippen LogP contribution in [0.2, 0.25) is 0 Å². The first-order chi connectivity index (χ1) is 9.08. The minimum atomic E-state index is -0.409. The van der Waals surface area contributed by atoms with Crippen LogP contribution in [-0.2, 0) is 11.3 Å². The number of benzene rings is 1. The molecule has 0 saturated carbocycles. The van der Waals surface area contributed by atoms with E-state index in [0.717, 1.165) is 12.1 Å². The lowest BCUT2D eigenvalue weighted by Crippen LogP contribution is -2.29. The predicted molar refractivity (Wildman–Crippen MR) is 72.6 cm³/mol. The van der Waals surface area contributed by atoms with Crippen LogP contribution in [0.25, 0.3) is 0 Å². The van der Waals surface area contributed by atoms with Crippen molar-refractivity contribution in [1.29, 1.82) is 0 Å². The third-order valence-electron chi connectivity index (χ3n) is 2.83. The van der Waals surface area contributed by atoms with E-state index in [4.69, 9.17) is 4.74 Å². The number of carbonyl (C=O) groups is 1. The third-order valence-corrected chi connectivity index (χ3v) is 2.83. The van der Waals surface area contributed by atoms with Crippen molar-refractivity contribution in [2.45, 2.75) is 19.9 Å². The Hall–Kier alpha value is -1.62. The molecule has 1 aromatic carbocycles. The number of methoxy groups -OCH3 is 1. The van der Waals surface area contributed by atoms with E-state index < -0.39 is 5.82 Å². The van der Waals surface area contributed by atoms with Gasteiger partial charge in [0.1, 0.15) is 0 Å². The van der Waals surface area contributed by atoms with Gasteiger partial charge in [-0.15, -0.1) is 0 Å². The molecule has 0 aliphatic heterocycles. The third kappa shape index (κ3) is 4.87. The Bertz CT molecular complexity index is 424. The highest BCUT2D eigenvalue weighted by molar-refractivity contribution is 5.76. The summed E-state index contributed by atoms with van der Waals surface area (Å²) in [5, 5.41) is 3.10. The van der Waals surface area contributed by atoms with Crippen LogP contribution in [0.1, 0.15) is 18.9 Å². The molecule has 0 aromatic heterocycles. The molecule has 5 heteroatoms. The Morgan fingerprint density at radius 2 is 2.21 bits per heavy atom. The van der Waals surface area contributed by atoms with Crippen LogP contribution in [0.4, 0.5) is 4.39 Å². The van der Waals surface area contributed by atoms with E-state index in [1.807, 2.05) is 6.92 Å². The lowest BCUT2D eigenvalue weighted by molar-refractivity contribution is -0.130. The minimum Gasteiger partial charge on any atom is -0.494 e. The standard InChI is InChI=1S/C14H21FN2O2/c1-4-16-8-7-14(18)17(2)10-11-5-6-13(19-3)12(15)9-11/h5-6,9,16H,4,7-8,10H2,1-3H3. The zero-order valence-electron chi connectivity index (χ0n) is 11.7. The molecule has 1 aromatic rings. The number of rotatable bonds is 7. The fourth-order valence-corrected chi connectivity index (χ4v) is 1.73. The van der Waals surface area contributed by atoms with Gasteiger partial charge in [-0.2, -0.15) is 0 Å². The molecule has 0 bridgehead atoms. The summed E-state index contributed by atoms with van der Waals surface area (Å²) in [6, 6.07) is 4.73. The number of ether oxygens (including phenoxy) is 1. The van der Waals surface area contributed by atoms with Crippen LogP contribution in [0, 0.1) is 5.82 Å². The number of nitrogens with zero attached hydrogens (tertiary/aromatic N) is 1. The topological polar surface area (TPSA) is 41.6 Å². The summed E-state index contributed by atoms with van der Waals surface area (Å²) in [7, 11) is 3.14. The molecule has 1 N–H and O–H groups in total. The van der Waals surface area contributed by atoms with Gasteiger partial charge >= 0.3 is 0 Å². The Morgan fingerprint density at radius 1 is 1.47 bits per heavy atom. The maximum atomic E-state index is 13.5. The molecule has 106 valence electrons. The second-order valence-electron chi connectivity index (χ2n) is 4.32. The molecule has 19 heavy (non-hydrogen) atoms. The van der Waals surface area contributed by atoms with E-state index in [-0.39, 0.29) is 11.7 Å². The molecule has 0 atom stereocenters. The van der Waals surface area contributed by atoms with E-state index in [9.17, 15) is 9.18 Å². The number of amides is 1. The number of hydrogen-bond acceptors (Lipinski definition) is 3. The summed E-state index contributed by atoms with van der Waals surface area (Å²) < 4.78 is 18.4. The van der Waals surface area contributed by atoms with Crippen LogP contribution in [-0.4, -0.2) is 38.1 Å². The van der Waals surface area contributed by atoms with Crippen molar-refractivity contribution in [2.75, 3.05) is 27.2 Å². The second-order valence-corrected chi connectivity index (χ2v) is 4.32. The van der Waals surface area contributed by atoms with Crippen molar-refractivity contribution >= 4 is 5.91 Å². The van der Waals surface area contributed by atoms with Gasteiger partial charge in [0.2, 0.25) is 5.91 Å². The van der Waals surface area contributed by atoms with E-state index >= 15 is 0 Å². The van der Waals surface area contributed by atoms with Gasteiger partial charge in [0.15, 0.2) is 11.6 Å². The lowest BCUT2D eigenvalue weighted by atomic mass is 10.2. The monoisotopic (exact) mass is 268 g/mol. The number of hydrogen-bond donors (Lipinski definition) is 1. The van der Waals surface area contributed by atoms with Crippen LogP contribution in [0.15, 0.2) is 18.2 Å². The van der Waals surface area contributed by atoms with Crippen LogP contribution in [0.3, 0.4) is 0 Å². The van der Waals surface area contributed by atoms with Crippen molar-refractivity contribution < 1.29 is 13.9 Å². The van der Waals surface area contributed by atoms with Gasteiger partial charge in [-0.3, -0.25) is 4.79 Å². The first-order valence-electron chi connectivity index (χ1n) is 6.35. The van der Waals surface area contributed by atoms with Gasteiger partial charge < -0.3 is 15.0 Å². The van der Waals surface area contributed by atoms with Gasteiger partial charge in [-0.05, 0) is 24.2 Å². The Labute approximate surface area is 113 Å². The molecule has 0 heterocycles. The van der Waals surface area contributed by atoms with Crippen molar-refractivity contribution in [2.24, 2.45) is 0 Å². The Kier molecular flexibility index (Phi) is 6.29. The maximum absolute atomic E-state index is 13.5. The molecule has 1 rings (SSSR count). The summed E-state index contributed by atoms with van der Waals surface area (Å²) in [5.41, 5.74) is 0.748. The highest BCUT2D eigenvalue weighted by Gasteiger charge is 2.10. The molecule has 0 saturated heterocycles. The van der Waals surface area contributed by atoms with Crippen LogP contribution < -0.4 is 10.1 Å². The molecular weight excluding hydrogens is 247 g/mol. The SMILES string of the molecule is CCNCCC(=O)N(C)Cc1ccc(OC)c(F)c1. The summed E-state index contributed by atoms with van der Waals surface area (Å²) in [4.78, 5) is 13.4. The molecule has 0 unspecified atom stereocenters. The Morgan fingerprint density at radius 3 is 2.79 bits per heavy atom. The first-order valence-corrected chi connectivity index (χ1v) is 6.35. The van der Waals surface area contributed by atoms with Gasteiger partial charge in [-0.1, -0.05) is 13.0 Å². The molecule has 0 aliphatic carbocycles. The molecule has 0 fully saturated rings. The van der Waals surface area contributed by atoms with E-state index in [2.05, 4.69) is 5.32 Å². The number of nitrogens with one attached hydrogen (secondary N) is 1. The van der Waals surface area contributed by atoms with Crippen molar-refractivity contribution in [3.63, 3.8) is 0 Å². The highest BCUT2D eigenvalue weighted by atomic mass is 19.1. The quantitative estimate of drug-likeness (QED) is 0.767. The maximum Gasteiger partial charge on any atom is 0.223 e. The normalized spacial score (nSPS) is 10.3. The zero-order valence-corrected chi connectivity index (χ0v) is 11.7. The Balaban J connectivity index is 2.54. The van der Waals surface area contributed by atoms with Crippen molar-refractivity contribution in [3.8, 4) is 5.75 Å². The average molecular weight is 268 g/mol. The predicted octanol–water partition coefficient (Wildman–Crippen LogP) is 1.79. The van der Waals surface area contributed by atoms with E-state index in [1.54, 1.807) is 24.1 Å². The molecule has 0 spiro atoms. The fourth-order valence-electron chi connectivity index (χ4n) is 1.73. The van der Waals surface area contributed by atoms with Gasteiger partial charge in [-0.25, -0.2) is 4.39 Å². The second kappa shape index (κ2) is 7.74. The molecule has 1 amide bonds. The van der Waals surface area contributed by atoms with E-state index in [1.165, 1.54) is 13.2 Å². The molecular formula is C14H21FN2O2. The summed E-state index contributed by atoms with van der Waals surface area (Å²) in [6.45, 7) is 3.90. The zero-order chi connectivity index (χ0) is 14.3. The summed E-state index contributed by atoms with van der Waals surface area (Å²) in [5.74, 6) is -0.157. The largest absolute Gasteiger partial charge is 0.494 e. The van der Waals surface area contributed by atoms with Gasteiger partial charge in [0, 0.05) is 26.6 Å². The average Bonchev–Trinajstić information content (AvgIpc) is 2.39. The fraction of sp³-hybridized carbons (Fsp3) is 0.500. The molecule has 4 nitrogen and oxygen atoms in total. The van der Waals surface area contributed by atoms with E-state index in [0.29, 0.717) is 19.5 Å². The minimum absolute atomic E-state index is 0.0391.